The van der Waals surface area contributed by atoms with Gasteiger partial charge >= 0.3 is 6.18 Å². The number of nitrogens with zero attached hydrogens (tertiary/aromatic N) is 2. The van der Waals surface area contributed by atoms with Gasteiger partial charge in [-0.1, -0.05) is 23.4 Å². The van der Waals surface area contributed by atoms with Crippen LogP contribution in [0.3, 0.4) is 0 Å². The van der Waals surface area contributed by atoms with Crippen LogP contribution in [0.1, 0.15) is 12.5 Å². The first-order valence-electron chi connectivity index (χ1n) is 6.50. The smallest absolute Gasteiger partial charge is 0.329 e. The highest BCUT2D eigenvalue weighted by molar-refractivity contribution is 8.00. The van der Waals surface area contributed by atoms with Crippen molar-refractivity contribution in [1.82, 2.24) is 9.55 Å². The Morgan fingerprint density at radius 3 is 2.70 bits per heavy atom. The van der Waals surface area contributed by atoms with Crippen LogP contribution in [0.15, 0.2) is 35.7 Å². The normalized spacial score (nSPS) is 13.0. The number of amides is 1. The van der Waals surface area contributed by atoms with Crippen LogP contribution in [0.2, 0.25) is 5.02 Å². The van der Waals surface area contributed by atoms with Crippen LogP contribution < -0.4 is 5.32 Å². The van der Waals surface area contributed by atoms with Crippen LogP contribution in [0.5, 0.6) is 0 Å². The van der Waals surface area contributed by atoms with Crippen molar-refractivity contribution in [3.8, 4) is 0 Å². The molecule has 0 aliphatic heterocycles. The van der Waals surface area contributed by atoms with Crippen molar-refractivity contribution < 1.29 is 18.0 Å². The van der Waals surface area contributed by atoms with E-state index in [0.717, 1.165) is 23.9 Å². The molecule has 1 amide bonds. The van der Waals surface area contributed by atoms with E-state index in [1.54, 1.807) is 30.9 Å². The number of anilines is 1. The van der Waals surface area contributed by atoms with Gasteiger partial charge in [0.2, 0.25) is 5.91 Å². The predicted molar refractivity (Wildman–Crippen MR) is 83.6 cm³/mol. The van der Waals surface area contributed by atoms with E-state index in [9.17, 15) is 18.0 Å². The number of thioether (sulfide) groups is 1. The minimum Gasteiger partial charge on any atom is -0.329 e. The second-order valence-corrected chi connectivity index (χ2v) is 6.50. The molecule has 0 aliphatic rings. The molecule has 0 radical (unpaired) electrons. The van der Waals surface area contributed by atoms with E-state index in [2.05, 4.69) is 10.3 Å². The van der Waals surface area contributed by atoms with Gasteiger partial charge in [-0.3, -0.25) is 4.79 Å². The van der Waals surface area contributed by atoms with Gasteiger partial charge in [0.05, 0.1) is 16.5 Å². The first kappa shape index (κ1) is 17.7. The molecule has 0 spiro atoms. The quantitative estimate of drug-likeness (QED) is 0.828. The standard InChI is InChI=1S/C14H13ClF3N3OS/c1-8(23-13-19-5-6-21(13)2)12(22)20-11-4-3-9(15)7-10(11)14(16,17)18/h3-8H,1-2H3,(H,20,22)/t8-/m0/s1. The lowest BCUT2D eigenvalue weighted by molar-refractivity contribution is -0.137. The van der Waals surface area contributed by atoms with Crippen LogP contribution in [0.25, 0.3) is 0 Å². The molecule has 0 aliphatic carbocycles. The number of halogens is 4. The topological polar surface area (TPSA) is 46.9 Å². The minimum atomic E-state index is -4.61. The monoisotopic (exact) mass is 363 g/mol. The Morgan fingerprint density at radius 2 is 2.13 bits per heavy atom. The lowest BCUT2D eigenvalue weighted by Gasteiger charge is -2.16. The summed E-state index contributed by atoms with van der Waals surface area (Å²) in [7, 11) is 1.76. The van der Waals surface area contributed by atoms with Crippen molar-refractivity contribution in [3.63, 3.8) is 0 Å². The third-order valence-corrected chi connectivity index (χ3v) is 4.38. The molecule has 1 N–H and O–H groups in total. The fraction of sp³-hybridized carbons (Fsp3) is 0.286. The summed E-state index contributed by atoms with van der Waals surface area (Å²) in [5.74, 6) is -0.550. The summed E-state index contributed by atoms with van der Waals surface area (Å²) in [4.78, 5) is 16.2. The van der Waals surface area contributed by atoms with Gasteiger partial charge in [-0.05, 0) is 25.1 Å². The van der Waals surface area contributed by atoms with Crippen molar-refractivity contribution in [1.29, 1.82) is 0 Å². The number of imidazole rings is 1. The number of rotatable bonds is 4. The van der Waals surface area contributed by atoms with E-state index in [0.29, 0.717) is 5.16 Å². The molecule has 1 atom stereocenters. The van der Waals surface area contributed by atoms with E-state index < -0.39 is 22.9 Å². The molecule has 2 aromatic rings. The van der Waals surface area contributed by atoms with Crippen molar-refractivity contribution in [2.24, 2.45) is 7.05 Å². The fourth-order valence-corrected chi connectivity index (χ4v) is 2.77. The number of nitrogens with one attached hydrogen (secondary N) is 1. The largest absolute Gasteiger partial charge is 0.418 e. The van der Waals surface area contributed by atoms with Crippen LogP contribution >= 0.6 is 23.4 Å². The molecule has 2 rings (SSSR count). The molecule has 0 saturated carbocycles. The first-order chi connectivity index (χ1) is 10.7. The number of hydrogen-bond acceptors (Lipinski definition) is 3. The Labute approximate surface area is 140 Å². The summed E-state index contributed by atoms with van der Waals surface area (Å²) < 4.78 is 40.7. The maximum Gasteiger partial charge on any atom is 0.418 e. The fourth-order valence-electron chi connectivity index (χ4n) is 1.77. The summed E-state index contributed by atoms with van der Waals surface area (Å²) in [6.45, 7) is 1.60. The highest BCUT2D eigenvalue weighted by Crippen LogP contribution is 2.36. The van der Waals surface area contributed by atoms with E-state index in [4.69, 9.17) is 11.6 Å². The molecule has 0 saturated heterocycles. The SMILES string of the molecule is C[C@H](Sc1nccn1C)C(=O)Nc1ccc(Cl)cc1C(F)(F)F. The van der Waals surface area contributed by atoms with Gasteiger partial charge in [0.1, 0.15) is 0 Å². The summed E-state index contributed by atoms with van der Waals surface area (Å²) in [6.07, 6.45) is -1.31. The van der Waals surface area contributed by atoms with Crippen molar-refractivity contribution in [2.45, 2.75) is 23.5 Å². The molecule has 0 bridgehead atoms. The van der Waals surface area contributed by atoms with Gasteiger partial charge in [-0.15, -0.1) is 0 Å². The van der Waals surface area contributed by atoms with Crippen LogP contribution in [0.4, 0.5) is 18.9 Å². The zero-order valence-electron chi connectivity index (χ0n) is 12.2. The van der Waals surface area contributed by atoms with E-state index in [-0.39, 0.29) is 10.7 Å². The van der Waals surface area contributed by atoms with Gasteiger partial charge in [-0.2, -0.15) is 13.2 Å². The van der Waals surface area contributed by atoms with Crippen LogP contribution in [0, 0.1) is 0 Å². The summed E-state index contributed by atoms with van der Waals surface area (Å²) in [5.41, 5.74) is -1.30. The number of aryl methyl sites for hydroxylation is 1. The predicted octanol–water partition coefficient (Wildman–Crippen LogP) is 4.21. The molecule has 0 unspecified atom stereocenters. The first-order valence-corrected chi connectivity index (χ1v) is 7.76. The Kier molecular flexibility index (Phi) is 5.26. The number of benzene rings is 1. The van der Waals surface area contributed by atoms with E-state index >= 15 is 0 Å². The Bertz CT molecular complexity index is 718. The average Bonchev–Trinajstić information content (AvgIpc) is 2.85. The number of carbonyl (C=O) groups is 1. The minimum absolute atomic E-state index is 0.0502. The molecule has 1 heterocycles. The highest BCUT2D eigenvalue weighted by atomic mass is 35.5. The average molecular weight is 364 g/mol. The lowest BCUT2D eigenvalue weighted by Crippen LogP contribution is -2.24. The molecular weight excluding hydrogens is 351 g/mol. The zero-order valence-corrected chi connectivity index (χ0v) is 13.8. The Hall–Kier alpha value is -1.67. The van der Waals surface area contributed by atoms with Gasteiger partial charge < -0.3 is 9.88 Å². The van der Waals surface area contributed by atoms with Crippen LogP contribution in [-0.2, 0) is 18.0 Å². The molecule has 23 heavy (non-hydrogen) atoms. The summed E-state index contributed by atoms with van der Waals surface area (Å²) in [5, 5.41) is 2.23. The van der Waals surface area contributed by atoms with E-state index in [1.165, 1.54) is 6.07 Å². The second kappa shape index (κ2) is 6.84. The highest BCUT2D eigenvalue weighted by Gasteiger charge is 2.34. The van der Waals surface area contributed by atoms with Gasteiger partial charge in [-0.25, -0.2) is 4.98 Å². The third kappa shape index (κ3) is 4.42. The number of carbonyl (C=O) groups excluding carboxylic acids is 1. The maximum atomic E-state index is 13.0. The number of hydrogen-bond donors (Lipinski definition) is 1. The number of aromatic nitrogens is 2. The summed E-state index contributed by atoms with van der Waals surface area (Å²) in [6, 6.07) is 3.22. The maximum absolute atomic E-state index is 13.0. The molecule has 1 aromatic carbocycles. The molecule has 0 fully saturated rings. The van der Waals surface area contributed by atoms with Gasteiger partial charge in [0, 0.05) is 24.5 Å². The van der Waals surface area contributed by atoms with Crippen molar-refractivity contribution >= 4 is 35.0 Å². The molecule has 124 valence electrons. The zero-order chi connectivity index (χ0) is 17.2. The third-order valence-electron chi connectivity index (χ3n) is 2.97. The van der Waals surface area contributed by atoms with Crippen LogP contribution in [-0.4, -0.2) is 20.7 Å². The molecule has 9 heteroatoms. The van der Waals surface area contributed by atoms with E-state index in [1.807, 2.05) is 0 Å². The number of alkyl halides is 3. The molecule has 1 aromatic heterocycles. The Morgan fingerprint density at radius 1 is 1.43 bits per heavy atom. The van der Waals surface area contributed by atoms with Crippen molar-refractivity contribution in [2.75, 3.05) is 5.32 Å². The van der Waals surface area contributed by atoms with Crippen molar-refractivity contribution in [3.05, 3.63) is 41.2 Å². The summed E-state index contributed by atoms with van der Waals surface area (Å²) >= 11 is 6.76. The Balaban J connectivity index is 2.15. The second-order valence-electron chi connectivity index (χ2n) is 4.76. The molecular formula is C14H13ClF3N3OS. The van der Waals surface area contributed by atoms with Gasteiger partial charge in [0.25, 0.3) is 0 Å². The lowest BCUT2D eigenvalue weighted by atomic mass is 10.1. The van der Waals surface area contributed by atoms with Gasteiger partial charge in [0.15, 0.2) is 5.16 Å². The molecule has 4 nitrogen and oxygen atoms in total.